The molecular formula is C22H19N3O3S. The molecule has 1 aromatic heterocycles. The molecule has 0 bridgehead atoms. The van der Waals surface area contributed by atoms with Crippen molar-refractivity contribution in [2.45, 2.75) is 16.3 Å². The Labute approximate surface area is 173 Å². The van der Waals surface area contributed by atoms with Crippen molar-refractivity contribution in [3.8, 4) is 0 Å². The molecule has 0 atom stereocenters. The quantitative estimate of drug-likeness (QED) is 0.362. The summed E-state index contributed by atoms with van der Waals surface area (Å²) in [5, 5.41) is 3.54. The fourth-order valence-corrected chi connectivity index (χ4v) is 3.30. The van der Waals surface area contributed by atoms with E-state index in [0.29, 0.717) is 23.5 Å². The molecule has 0 saturated heterocycles. The van der Waals surface area contributed by atoms with Gasteiger partial charge in [0, 0.05) is 23.2 Å². The molecule has 146 valence electrons. The van der Waals surface area contributed by atoms with Gasteiger partial charge in [-0.25, -0.2) is 14.8 Å². The molecule has 2 aromatic carbocycles. The Morgan fingerprint density at radius 3 is 2.48 bits per heavy atom. The Hall–Kier alpha value is -3.45. The van der Waals surface area contributed by atoms with E-state index in [1.54, 1.807) is 18.3 Å². The van der Waals surface area contributed by atoms with E-state index in [1.807, 2.05) is 42.5 Å². The predicted molar refractivity (Wildman–Crippen MR) is 112 cm³/mol. The summed E-state index contributed by atoms with van der Waals surface area (Å²) in [6.45, 7) is 3.43. The van der Waals surface area contributed by atoms with Crippen LogP contribution in [0, 0.1) is 0 Å². The van der Waals surface area contributed by atoms with E-state index in [9.17, 15) is 9.59 Å². The molecule has 1 amide bonds. The highest BCUT2D eigenvalue weighted by molar-refractivity contribution is 7.99. The molecule has 0 spiro atoms. The number of carbonyl (C=O) groups is 2. The Morgan fingerprint density at radius 2 is 1.83 bits per heavy atom. The first kappa shape index (κ1) is 20.3. The fraction of sp³-hybridized carbons (Fsp3) is 0.0909. The van der Waals surface area contributed by atoms with Gasteiger partial charge in [0.05, 0.1) is 12.7 Å². The SMILES string of the molecule is C=CC(=O)Nc1ccc(Sc2ccnc(Cc3ccc(C(=O)OC)cc3)n2)cc1. The molecule has 0 aliphatic carbocycles. The second-order valence-corrected chi connectivity index (χ2v) is 7.09. The van der Waals surface area contributed by atoms with E-state index in [4.69, 9.17) is 4.74 Å². The van der Waals surface area contributed by atoms with E-state index in [2.05, 4.69) is 21.9 Å². The number of benzene rings is 2. The van der Waals surface area contributed by atoms with Crippen molar-refractivity contribution in [1.82, 2.24) is 9.97 Å². The third-order valence-electron chi connectivity index (χ3n) is 3.95. The Kier molecular flexibility index (Phi) is 6.76. The van der Waals surface area contributed by atoms with Crippen LogP contribution >= 0.6 is 11.8 Å². The first-order valence-electron chi connectivity index (χ1n) is 8.78. The third kappa shape index (κ3) is 5.76. The lowest BCUT2D eigenvalue weighted by Gasteiger charge is -2.06. The first-order valence-corrected chi connectivity index (χ1v) is 9.59. The van der Waals surface area contributed by atoms with Crippen LogP contribution in [-0.4, -0.2) is 29.0 Å². The van der Waals surface area contributed by atoms with Crippen molar-refractivity contribution in [2.24, 2.45) is 0 Å². The van der Waals surface area contributed by atoms with Gasteiger partial charge in [-0.15, -0.1) is 0 Å². The highest BCUT2D eigenvalue weighted by atomic mass is 32.2. The molecule has 0 saturated carbocycles. The largest absolute Gasteiger partial charge is 0.465 e. The third-order valence-corrected chi connectivity index (χ3v) is 4.89. The van der Waals surface area contributed by atoms with Crippen LogP contribution in [0.3, 0.4) is 0 Å². The van der Waals surface area contributed by atoms with Crippen LogP contribution in [-0.2, 0) is 16.0 Å². The topological polar surface area (TPSA) is 81.2 Å². The number of carbonyl (C=O) groups excluding carboxylic acids is 2. The maximum absolute atomic E-state index is 11.5. The molecule has 29 heavy (non-hydrogen) atoms. The number of amides is 1. The van der Waals surface area contributed by atoms with Gasteiger partial charge in [0.2, 0.25) is 5.91 Å². The van der Waals surface area contributed by atoms with Crippen LogP contribution in [0.1, 0.15) is 21.7 Å². The maximum Gasteiger partial charge on any atom is 0.337 e. The van der Waals surface area contributed by atoms with Crippen LogP contribution in [0.4, 0.5) is 5.69 Å². The Balaban J connectivity index is 1.65. The monoisotopic (exact) mass is 405 g/mol. The average Bonchev–Trinajstić information content (AvgIpc) is 2.75. The summed E-state index contributed by atoms with van der Waals surface area (Å²) in [5.74, 6) is 0.0856. The van der Waals surface area contributed by atoms with E-state index in [-0.39, 0.29) is 11.9 Å². The summed E-state index contributed by atoms with van der Waals surface area (Å²) >= 11 is 1.51. The molecule has 0 radical (unpaired) electrons. The lowest BCUT2D eigenvalue weighted by Crippen LogP contribution is -2.06. The smallest absolute Gasteiger partial charge is 0.337 e. The van der Waals surface area contributed by atoms with Crippen molar-refractivity contribution in [1.29, 1.82) is 0 Å². The van der Waals surface area contributed by atoms with Gasteiger partial charge in [-0.1, -0.05) is 30.5 Å². The molecule has 1 heterocycles. The van der Waals surface area contributed by atoms with Crippen LogP contribution in [0.5, 0.6) is 0 Å². The summed E-state index contributed by atoms with van der Waals surface area (Å²) in [6.07, 6.45) is 3.52. The zero-order valence-corrected chi connectivity index (χ0v) is 16.6. The minimum absolute atomic E-state index is 0.245. The van der Waals surface area contributed by atoms with Crippen molar-refractivity contribution < 1.29 is 14.3 Å². The highest BCUT2D eigenvalue weighted by Gasteiger charge is 2.07. The van der Waals surface area contributed by atoms with Crippen molar-refractivity contribution in [2.75, 3.05) is 12.4 Å². The van der Waals surface area contributed by atoms with Gasteiger partial charge in [0.25, 0.3) is 0 Å². The highest BCUT2D eigenvalue weighted by Crippen LogP contribution is 2.27. The van der Waals surface area contributed by atoms with Crippen LogP contribution in [0.25, 0.3) is 0 Å². The van der Waals surface area contributed by atoms with Gasteiger partial charge >= 0.3 is 5.97 Å². The van der Waals surface area contributed by atoms with Crippen molar-refractivity contribution >= 4 is 29.3 Å². The summed E-state index contributed by atoms with van der Waals surface area (Å²) < 4.78 is 4.71. The molecule has 0 aliphatic rings. The molecule has 3 aromatic rings. The van der Waals surface area contributed by atoms with E-state index in [0.717, 1.165) is 15.5 Å². The second-order valence-electron chi connectivity index (χ2n) is 6.00. The molecule has 6 nitrogen and oxygen atoms in total. The number of nitrogens with one attached hydrogen (secondary N) is 1. The van der Waals surface area contributed by atoms with Gasteiger partial charge < -0.3 is 10.1 Å². The van der Waals surface area contributed by atoms with Crippen molar-refractivity contribution in [3.05, 3.63) is 90.4 Å². The van der Waals surface area contributed by atoms with E-state index < -0.39 is 0 Å². The molecule has 7 heteroatoms. The zero-order valence-electron chi connectivity index (χ0n) is 15.8. The summed E-state index contributed by atoms with van der Waals surface area (Å²) in [4.78, 5) is 32.8. The average molecular weight is 405 g/mol. The fourth-order valence-electron chi connectivity index (χ4n) is 2.50. The number of esters is 1. The normalized spacial score (nSPS) is 10.2. The minimum Gasteiger partial charge on any atom is -0.465 e. The van der Waals surface area contributed by atoms with Crippen molar-refractivity contribution in [3.63, 3.8) is 0 Å². The van der Waals surface area contributed by atoms with Gasteiger partial charge in [-0.05, 0) is 54.1 Å². The first-order chi connectivity index (χ1) is 14.1. The molecule has 0 unspecified atom stereocenters. The molecule has 0 aliphatic heterocycles. The molecule has 3 rings (SSSR count). The Morgan fingerprint density at radius 1 is 1.10 bits per heavy atom. The van der Waals surface area contributed by atoms with E-state index >= 15 is 0 Å². The van der Waals surface area contributed by atoms with E-state index in [1.165, 1.54) is 24.9 Å². The minimum atomic E-state index is -0.360. The number of aromatic nitrogens is 2. The Bertz CT molecular complexity index is 1020. The van der Waals surface area contributed by atoms with Crippen LogP contribution in [0.15, 0.2) is 83.4 Å². The summed E-state index contributed by atoms with van der Waals surface area (Å²) in [6, 6.07) is 16.5. The summed E-state index contributed by atoms with van der Waals surface area (Å²) in [5.41, 5.74) is 2.22. The standard InChI is InChI=1S/C22H19N3O3S/c1-3-20(26)24-17-8-10-18(11-9-17)29-21-12-13-23-19(25-21)14-15-4-6-16(7-5-15)22(27)28-2/h3-13H,1,14H2,2H3,(H,24,26). The maximum atomic E-state index is 11.5. The lowest BCUT2D eigenvalue weighted by molar-refractivity contribution is -0.111. The van der Waals surface area contributed by atoms with Gasteiger partial charge in [0.15, 0.2) is 0 Å². The number of rotatable bonds is 7. The summed E-state index contributed by atoms with van der Waals surface area (Å²) in [7, 11) is 1.36. The number of ether oxygens (including phenoxy) is 1. The zero-order chi connectivity index (χ0) is 20.6. The molecular weight excluding hydrogens is 386 g/mol. The lowest BCUT2D eigenvalue weighted by atomic mass is 10.1. The molecule has 1 N–H and O–H groups in total. The van der Waals surface area contributed by atoms with Gasteiger partial charge in [0.1, 0.15) is 10.9 Å². The number of hydrogen-bond acceptors (Lipinski definition) is 6. The second kappa shape index (κ2) is 9.66. The number of methoxy groups -OCH3 is 1. The van der Waals surface area contributed by atoms with Gasteiger partial charge in [-0.3, -0.25) is 4.79 Å². The van der Waals surface area contributed by atoms with Gasteiger partial charge in [-0.2, -0.15) is 0 Å². The van der Waals surface area contributed by atoms with Crippen LogP contribution < -0.4 is 5.32 Å². The molecule has 0 fully saturated rings. The predicted octanol–water partition coefficient (Wildman–Crippen LogP) is 4.13. The van der Waals surface area contributed by atoms with Crippen LogP contribution in [0.2, 0.25) is 0 Å². The number of nitrogens with zero attached hydrogens (tertiary/aromatic N) is 2. The number of anilines is 1. The number of hydrogen-bond donors (Lipinski definition) is 1.